The molecule has 0 aromatic carbocycles. The fourth-order valence-corrected chi connectivity index (χ4v) is 2.95. The average molecular weight is 259 g/mol. The van der Waals surface area contributed by atoms with Crippen LogP contribution in [0.4, 0.5) is 5.82 Å². The zero-order valence-corrected chi connectivity index (χ0v) is 11.3. The first-order valence-electron chi connectivity index (χ1n) is 7.02. The lowest BCUT2D eigenvalue weighted by molar-refractivity contribution is 0.334. The number of hydrogen-bond donors (Lipinski definition) is 2. The third-order valence-corrected chi connectivity index (χ3v) is 3.92. The summed E-state index contributed by atoms with van der Waals surface area (Å²) in [5.41, 5.74) is 8.13. The van der Waals surface area contributed by atoms with E-state index in [1.165, 1.54) is 24.8 Å². The molecule has 0 bridgehead atoms. The lowest BCUT2D eigenvalue weighted by atomic mass is 9.86. The van der Waals surface area contributed by atoms with E-state index in [1.807, 2.05) is 10.6 Å². The minimum Gasteiger partial charge on any atom is -0.370 e. The van der Waals surface area contributed by atoms with Crippen molar-refractivity contribution in [3.8, 4) is 0 Å². The summed E-state index contributed by atoms with van der Waals surface area (Å²) in [6.07, 6.45) is 6.41. The first kappa shape index (κ1) is 12.4. The highest BCUT2D eigenvalue weighted by atomic mass is 15.3. The Hall–Kier alpha value is -1.62. The van der Waals surface area contributed by atoms with Gasteiger partial charge in [0, 0.05) is 12.6 Å². The topological polar surface area (TPSA) is 68.2 Å². The maximum absolute atomic E-state index is 6.04. The number of aryl methyl sites for hydroxylation is 1. The normalized spacial score (nSPS) is 23.7. The quantitative estimate of drug-likeness (QED) is 0.884. The van der Waals surface area contributed by atoms with E-state index in [-0.39, 0.29) is 0 Å². The number of fused-ring (bicyclic) bond motifs is 1. The SMILES string of the molecule is Cc1cc(NCC2CCCC(N)C2)n2ncnc2c1. The molecular weight excluding hydrogens is 238 g/mol. The first-order chi connectivity index (χ1) is 9.22. The fraction of sp³-hybridized carbons (Fsp3) is 0.571. The van der Waals surface area contributed by atoms with Gasteiger partial charge in [0.2, 0.25) is 0 Å². The zero-order valence-electron chi connectivity index (χ0n) is 11.3. The molecule has 0 saturated heterocycles. The molecule has 1 fully saturated rings. The van der Waals surface area contributed by atoms with Crippen LogP contribution < -0.4 is 11.1 Å². The van der Waals surface area contributed by atoms with E-state index in [2.05, 4.69) is 28.4 Å². The molecule has 19 heavy (non-hydrogen) atoms. The lowest BCUT2D eigenvalue weighted by Gasteiger charge is -2.27. The van der Waals surface area contributed by atoms with Crippen molar-refractivity contribution in [3.63, 3.8) is 0 Å². The molecule has 1 saturated carbocycles. The van der Waals surface area contributed by atoms with Gasteiger partial charge < -0.3 is 11.1 Å². The second kappa shape index (κ2) is 5.17. The summed E-state index contributed by atoms with van der Waals surface area (Å²) >= 11 is 0. The van der Waals surface area contributed by atoms with Crippen molar-refractivity contribution in [1.29, 1.82) is 0 Å². The summed E-state index contributed by atoms with van der Waals surface area (Å²) in [7, 11) is 0. The number of pyridine rings is 1. The van der Waals surface area contributed by atoms with Crippen LogP contribution in [0, 0.1) is 12.8 Å². The number of nitrogens with two attached hydrogens (primary N) is 1. The Kier molecular flexibility index (Phi) is 3.38. The molecule has 2 aromatic heterocycles. The molecule has 5 nitrogen and oxygen atoms in total. The molecule has 0 spiro atoms. The van der Waals surface area contributed by atoms with Crippen LogP contribution >= 0.6 is 0 Å². The van der Waals surface area contributed by atoms with Crippen LogP contribution in [-0.2, 0) is 0 Å². The van der Waals surface area contributed by atoms with Gasteiger partial charge >= 0.3 is 0 Å². The summed E-state index contributed by atoms with van der Waals surface area (Å²) in [6.45, 7) is 3.04. The zero-order chi connectivity index (χ0) is 13.2. The highest BCUT2D eigenvalue weighted by Crippen LogP contribution is 2.23. The number of anilines is 1. The highest BCUT2D eigenvalue weighted by Gasteiger charge is 2.19. The van der Waals surface area contributed by atoms with Crippen LogP contribution in [0.3, 0.4) is 0 Å². The number of rotatable bonds is 3. The molecule has 102 valence electrons. The molecule has 2 heterocycles. The van der Waals surface area contributed by atoms with Crippen molar-refractivity contribution in [2.24, 2.45) is 11.7 Å². The Bertz CT molecular complexity index is 562. The third-order valence-electron chi connectivity index (χ3n) is 3.92. The molecular formula is C14H21N5. The molecule has 2 aromatic rings. The maximum Gasteiger partial charge on any atom is 0.157 e. The largest absolute Gasteiger partial charge is 0.370 e. The summed E-state index contributed by atoms with van der Waals surface area (Å²) in [5, 5.41) is 7.77. The van der Waals surface area contributed by atoms with Gasteiger partial charge in [-0.25, -0.2) is 4.98 Å². The van der Waals surface area contributed by atoms with Gasteiger partial charge in [-0.2, -0.15) is 9.61 Å². The monoisotopic (exact) mass is 259 g/mol. The standard InChI is InChI=1S/C14H21N5/c1-10-5-13(19-14(6-10)17-9-18-19)16-8-11-3-2-4-12(15)7-11/h5-6,9,11-12,16H,2-4,7-8,15H2,1H3. The Morgan fingerprint density at radius 3 is 3.16 bits per heavy atom. The van der Waals surface area contributed by atoms with E-state index in [4.69, 9.17) is 5.73 Å². The molecule has 1 aliphatic carbocycles. The van der Waals surface area contributed by atoms with Crippen LogP contribution in [0.25, 0.3) is 5.65 Å². The minimum absolute atomic E-state index is 0.379. The van der Waals surface area contributed by atoms with Crippen molar-refractivity contribution >= 4 is 11.5 Å². The smallest absolute Gasteiger partial charge is 0.157 e. The van der Waals surface area contributed by atoms with Crippen molar-refractivity contribution in [2.45, 2.75) is 38.6 Å². The number of hydrogen-bond acceptors (Lipinski definition) is 4. The van der Waals surface area contributed by atoms with Gasteiger partial charge in [0.05, 0.1) is 0 Å². The molecule has 2 unspecified atom stereocenters. The fourth-order valence-electron chi connectivity index (χ4n) is 2.95. The summed E-state index contributed by atoms with van der Waals surface area (Å²) < 4.78 is 1.86. The lowest BCUT2D eigenvalue weighted by Crippen LogP contribution is -2.31. The van der Waals surface area contributed by atoms with Crippen molar-refractivity contribution in [3.05, 3.63) is 24.0 Å². The number of nitrogens with one attached hydrogen (secondary N) is 1. The molecule has 0 amide bonds. The first-order valence-corrected chi connectivity index (χ1v) is 7.02. The van der Waals surface area contributed by atoms with E-state index in [1.54, 1.807) is 6.33 Å². The highest BCUT2D eigenvalue weighted by molar-refractivity contribution is 5.51. The van der Waals surface area contributed by atoms with E-state index in [9.17, 15) is 0 Å². The van der Waals surface area contributed by atoms with E-state index in [0.717, 1.165) is 24.4 Å². The van der Waals surface area contributed by atoms with Gasteiger partial charge in [-0.3, -0.25) is 0 Å². The van der Waals surface area contributed by atoms with Crippen LogP contribution in [0.15, 0.2) is 18.5 Å². The summed E-state index contributed by atoms with van der Waals surface area (Å²) in [5.74, 6) is 1.69. The van der Waals surface area contributed by atoms with Gasteiger partial charge in [0.25, 0.3) is 0 Å². The van der Waals surface area contributed by atoms with Crippen LogP contribution in [-0.4, -0.2) is 27.2 Å². The molecule has 3 N–H and O–H groups in total. The van der Waals surface area contributed by atoms with Gasteiger partial charge in [-0.15, -0.1) is 0 Å². The predicted octanol–water partition coefficient (Wildman–Crippen LogP) is 1.97. The summed E-state index contributed by atoms with van der Waals surface area (Å²) in [6, 6.07) is 4.53. The van der Waals surface area contributed by atoms with Crippen molar-refractivity contribution in [1.82, 2.24) is 14.6 Å². The Balaban J connectivity index is 1.72. The van der Waals surface area contributed by atoms with Crippen molar-refractivity contribution < 1.29 is 0 Å². The minimum atomic E-state index is 0.379. The average Bonchev–Trinajstić information content (AvgIpc) is 2.84. The Morgan fingerprint density at radius 1 is 1.42 bits per heavy atom. The van der Waals surface area contributed by atoms with E-state index >= 15 is 0 Å². The molecule has 1 aliphatic rings. The predicted molar refractivity (Wildman–Crippen MR) is 76.1 cm³/mol. The second-order valence-electron chi connectivity index (χ2n) is 5.62. The molecule has 5 heteroatoms. The molecule has 3 rings (SSSR count). The van der Waals surface area contributed by atoms with Gasteiger partial charge in [0.1, 0.15) is 12.1 Å². The van der Waals surface area contributed by atoms with Crippen LogP contribution in [0.5, 0.6) is 0 Å². The second-order valence-corrected chi connectivity index (χ2v) is 5.62. The number of aromatic nitrogens is 3. The Morgan fingerprint density at radius 2 is 2.32 bits per heavy atom. The van der Waals surface area contributed by atoms with Gasteiger partial charge in [-0.1, -0.05) is 6.42 Å². The Labute approximate surface area is 113 Å². The summed E-state index contributed by atoms with van der Waals surface area (Å²) in [4.78, 5) is 4.24. The van der Waals surface area contributed by atoms with Crippen LogP contribution in [0.1, 0.15) is 31.2 Å². The van der Waals surface area contributed by atoms with E-state index < -0.39 is 0 Å². The molecule has 2 atom stereocenters. The van der Waals surface area contributed by atoms with Gasteiger partial charge in [-0.05, 0) is 49.8 Å². The van der Waals surface area contributed by atoms with Crippen molar-refractivity contribution in [2.75, 3.05) is 11.9 Å². The number of nitrogens with zero attached hydrogens (tertiary/aromatic N) is 3. The molecule has 0 radical (unpaired) electrons. The third kappa shape index (κ3) is 2.71. The molecule has 0 aliphatic heterocycles. The van der Waals surface area contributed by atoms with Gasteiger partial charge in [0.15, 0.2) is 5.65 Å². The maximum atomic E-state index is 6.04. The van der Waals surface area contributed by atoms with Crippen LogP contribution in [0.2, 0.25) is 0 Å². The van der Waals surface area contributed by atoms with E-state index in [0.29, 0.717) is 12.0 Å².